The smallest absolute Gasteiger partial charge is 0.277 e. The van der Waals surface area contributed by atoms with Crippen LogP contribution in [0.3, 0.4) is 0 Å². The van der Waals surface area contributed by atoms with Gasteiger partial charge in [-0.1, -0.05) is 64.1 Å². The second-order valence-electron chi connectivity index (χ2n) is 6.22. The lowest BCUT2D eigenvalue weighted by Crippen LogP contribution is -2.01. The maximum atomic E-state index is 12.3. The normalized spacial score (nSPS) is 10.8. The number of nitrogens with zero attached hydrogens (tertiary/aromatic N) is 2. The molecule has 0 spiro atoms. The summed E-state index contributed by atoms with van der Waals surface area (Å²) in [6, 6.07) is 22.0. The molecule has 29 heavy (non-hydrogen) atoms. The van der Waals surface area contributed by atoms with Crippen molar-refractivity contribution in [2.24, 2.45) is 0 Å². The minimum absolute atomic E-state index is 0.000464. The van der Waals surface area contributed by atoms with E-state index in [-0.39, 0.29) is 17.3 Å². The fraction of sp³-hybridized carbons (Fsp3) is 0.0455. The predicted octanol–water partition coefficient (Wildman–Crippen LogP) is 5.85. The number of aromatic hydroxyl groups is 1. The van der Waals surface area contributed by atoms with Gasteiger partial charge in [-0.05, 0) is 47.5 Å². The van der Waals surface area contributed by atoms with Crippen molar-refractivity contribution in [2.45, 2.75) is 5.22 Å². The molecule has 7 heteroatoms. The molecule has 144 valence electrons. The third kappa shape index (κ3) is 4.75. The highest BCUT2D eigenvalue weighted by atomic mass is 79.9. The Bertz CT molecular complexity index is 1120. The Hall–Kier alpha value is -2.90. The van der Waals surface area contributed by atoms with Crippen LogP contribution in [-0.4, -0.2) is 26.8 Å². The maximum absolute atomic E-state index is 12.3. The second-order valence-corrected chi connectivity index (χ2v) is 8.06. The zero-order valence-electron chi connectivity index (χ0n) is 15.1. The number of hydrogen-bond acceptors (Lipinski definition) is 6. The number of aromatic nitrogens is 2. The van der Waals surface area contributed by atoms with Crippen molar-refractivity contribution >= 4 is 33.5 Å². The predicted molar refractivity (Wildman–Crippen MR) is 116 cm³/mol. The highest BCUT2D eigenvalue weighted by Crippen LogP contribution is 2.27. The molecule has 0 unspecified atom stereocenters. The van der Waals surface area contributed by atoms with E-state index in [0.29, 0.717) is 16.7 Å². The first-order chi connectivity index (χ1) is 14.1. The SMILES string of the molecule is O=C(CSc1nnc(-c2ccc(-c3ccc(O)cc3)cc2)o1)c1ccc(Br)cc1. The summed E-state index contributed by atoms with van der Waals surface area (Å²) in [5.41, 5.74) is 3.46. The Morgan fingerprint density at radius 2 is 1.45 bits per heavy atom. The standard InChI is InChI=1S/C22H15BrN2O3S/c23-18-9-5-16(6-10-18)20(27)13-29-22-25-24-21(28-22)17-3-1-14(2-4-17)15-7-11-19(26)12-8-15/h1-12,26H,13H2. The number of phenolic OH excluding ortho intramolecular Hbond substituents is 1. The average Bonchev–Trinajstić information content (AvgIpc) is 3.22. The summed E-state index contributed by atoms with van der Waals surface area (Å²) in [5, 5.41) is 17.9. The third-order valence-electron chi connectivity index (χ3n) is 4.23. The minimum atomic E-state index is 0.000464. The molecule has 5 nitrogen and oxygen atoms in total. The van der Waals surface area contributed by atoms with Crippen LogP contribution in [0, 0.1) is 0 Å². The van der Waals surface area contributed by atoms with Gasteiger partial charge in [-0.25, -0.2) is 0 Å². The quantitative estimate of drug-likeness (QED) is 0.283. The van der Waals surface area contributed by atoms with Crippen molar-refractivity contribution < 1.29 is 14.3 Å². The topological polar surface area (TPSA) is 76.2 Å². The lowest BCUT2D eigenvalue weighted by molar-refractivity contribution is 0.102. The molecule has 1 aromatic heterocycles. The van der Waals surface area contributed by atoms with Crippen molar-refractivity contribution in [1.29, 1.82) is 0 Å². The van der Waals surface area contributed by atoms with E-state index in [1.165, 1.54) is 11.8 Å². The number of phenols is 1. The molecule has 0 saturated carbocycles. The number of rotatable bonds is 6. The first-order valence-corrected chi connectivity index (χ1v) is 10.5. The Labute approximate surface area is 179 Å². The van der Waals surface area contributed by atoms with Crippen LogP contribution < -0.4 is 0 Å². The Morgan fingerprint density at radius 3 is 2.10 bits per heavy atom. The number of carbonyl (C=O) groups is 1. The van der Waals surface area contributed by atoms with Gasteiger partial charge in [0, 0.05) is 15.6 Å². The lowest BCUT2D eigenvalue weighted by atomic mass is 10.0. The van der Waals surface area contributed by atoms with Gasteiger partial charge >= 0.3 is 0 Å². The molecular weight excluding hydrogens is 452 g/mol. The number of Topliss-reactive ketones (excluding diaryl/α,β-unsaturated/α-hetero) is 1. The van der Waals surface area contributed by atoms with E-state index in [9.17, 15) is 9.90 Å². The summed E-state index contributed by atoms with van der Waals surface area (Å²) in [7, 11) is 0. The zero-order chi connectivity index (χ0) is 20.2. The summed E-state index contributed by atoms with van der Waals surface area (Å²) in [6.07, 6.45) is 0. The van der Waals surface area contributed by atoms with E-state index >= 15 is 0 Å². The van der Waals surface area contributed by atoms with Crippen molar-refractivity contribution in [3.05, 3.63) is 82.8 Å². The molecule has 4 aromatic rings. The summed E-state index contributed by atoms with van der Waals surface area (Å²) < 4.78 is 6.61. The van der Waals surface area contributed by atoms with Crippen LogP contribution in [0.15, 0.2) is 86.9 Å². The lowest BCUT2D eigenvalue weighted by Gasteiger charge is -2.02. The van der Waals surface area contributed by atoms with Gasteiger partial charge in [-0.2, -0.15) is 0 Å². The summed E-state index contributed by atoms with van der Waals surface area (Å²) in [5.74, 6) is 0.865. The molecule has 3 aromatic carbocycles. The molecule has 0 aliphatic carbocycles. The molecule has 4 rings (SSSR count). The number of ketones is 1. The van der Waals surface area contributed by atoms with Gasteiger partial charge in [0.2, 0.25) is 5.89 Å². The van der Waals surface area contributed by atoms with Crippen LogP contribution in [0.4, 0.5) is 0 Å². The largest absolute Gasteiger partial charge is 0.508 e. The van der Waals surface area contributed by atoms with Crippen LogP contribution >= 0.6 is 27.7 Å². The number of halogens is 1. The van der Waals surface area contributed by atoms with Crippen LogP contribution in [0.25, 0.3) is 22.6 Å². The van der Waals surface area contributed by atoms with Crippen molar-refractivity contribution in [2.75, 3.05) is 5.75 Å². The summed E-state index contributed by atoms with van der Waals surface area (Å²) >= 11 is 4.58. The van der Waals surface area contributed by atoms with Crippen LogP contribution in [0.1, 0.15) is 10.4 Å². The van der Waals surface area contributed by atoms with E-state index < -0.39 is 0 Å². The first-order valence-electron chi connectivity index (χ1n) is 8.73. The van der Waals surface area contributed by atoms with Crippen LogP contribution in [0.5, 0.6) is 5.75 Å². The van der Waals surface area contributed by atoms with E-state index in [4.69, 9.17) is 4.42 Å². The average molecular weight is 467 g/mol. The molecule has 0 fully saturated rings. The van der Waals surface area contributed by atoms with E-state index in [1.54, 1.807) is 24.3 Å². The third-order valence-corrected chi connectivity index (χ3v) is 5.58. The number of benzene rings is 3. The molecule has 0 aliphatic heterocycles. The molecular formula is C22H15BrN2O3S. The van der Waals surface area contributed by atoms with E-state index in [1.807, 2.05) is 48.5 Å². The Morgan fingerprint density at radius 1 is 0.862 bits per heavy atom. The van der Waals surface area contributed by atoms with Gasteiger partial charge in [-0.15, -0.1) is 10.2 Å². The fourth-order valence-electron chi connectivity index (χ4n) is 2.69. The Balaban J connectivity index is 1.41. The Kier molecular flexibility index (Phi) is 5.78. The van der Waals surface area contributed by atoms with Gasteiger partial charge < -0.3 is 9.52 Å². The molecule has 0 atom stereocenters. The molecule has 0 bridgehead atoms. The van der Waals surface area contributed by atoms with Crippen LogP contribution in [0.2, 0.25) is 0 Å². The van der Waals surface area contributed by atoms with E-state index in [0.717, 1.165) is 21.2 Å². The van der Waals surface area contributed by atoms with Gasteiger partial charge in [-0.3, -0.25) is 4.79 Å². The monoisotopic (exact) mass is 466 g/mol. The molecule has 0 aliphatic rings. The molecule has 0 saturated heterocycles. The van der Waals surface area contributed by atoms with Crippen LogP contribution in [-0.2, 0) is 0 Å². The zero-order valence-corrected chi connectivity index (χ0v) is 17.5. The first kappa shape index (κ1) is 19.4. The fourth-order valence-corrected chi connectivity index (χ4v) is 3.61. The highest BCUT2D eigenvalue weighted by Gasteiger charge is 2.12. The molecule has 1 heterocycles. The van der Waals surface area contributed by atoms with E-state index in [2.05, 4.69) is 26.1 Å². The molecule has 0 amide bonds. The van der Waals surface area contributed by atoms with Crippen molar-refractivity contribution in [3.63, 3.8) is 0 Å². The van der Waals surface area contributed by atoms with Gasteiger partial charge in [0.25, 0.3) is 5.22 Å². The summed E-state index contributed by atoms with van der Waals surface area (Å²) in [4.78, 5) is 12.3. The van der Waals surface area contributed by atoms with Gasteiger partial charge in [0.15, 0.2) is 5.78 Å². The second kappa shape index (κ2) is 8.63. The van der Waals surface area contributed by atoms with Gasteiger partial charge in [0.05, 0.1) is 5.75 Å². The molecule has 1 N–H and O–H groups in total. The maximum Gasteiger partial charge on any atom is 0.277 e. The van der Waals surface area contributed by atoms with Crippen molar-refractivity contribution in [1.82, 2.24) is 10.2 Å². The number of carbonyl (C=O) groups excluding carboxylic acids is 1. The van der Waals surface area contributed by atoms with Crippen molar-refractivity contribution in [3.8, 4) is 28.3 Å². The number of hydrogen-bond donors (Lipinski definition) is 1. The number of thioether (sulfide) groups is 1. The summed E-state index contributed by atoms with van der Waals surface area (Å²) in [6.45, 7) is 0. The molecule has 0 radical (unpaired) electrons. The minimum Gasteiger partial charge on any atom is -0.508 e. The highest BCUT2D eigenvalue weighted by molar-refractivity contribution is 9.10. The van der Waals surface area contributed by atoms with Gasteiger partial charge in [0.1, 0.15) is 5.75 Å².